The number of rotatable bonds is 1. The van der Waals surface area contributed by atoms with Crippen molar-refractivity contribution in [3.05, 3.63) is 70.5 Å². The minimum Gasteiger partial charge on any atom is -0.301 e. The molecule has 98 valence electrons. The van der Waals surface area contributed by atoms with E-state index in [9.17, 15) is 4.39 Å². The van der Waals surface area contributed by atoms with Crippen LogP contribution in [-0.2, 0) is 6.54 Å². The molecule has 0 aromatic heterocycles. The molecule has 0 saturated carbocycles. The van der Waals surface area contributed by atoms with E-state index >= 15 is 0 Å². The van der Waals surface area contributed by atoms with Crippen molar-refractivity contribution in [3.8, 4) is 0 Å². The van der Waals surface area contributed by atoms with Crippen LogP contribution in [0, 0.1) is 12.7 Å². The maximum atomic E-state index is 13.4. The Balaban J connectivity index is 2.07. The lowest BCUT2D eigenvalue weighted by molar-refractivity contribution is 0.295. The second kappa shape index (κ2) is 4.78. The van der Waals surface area contributed by atoms with Crippen LogP contribution in [-0.4, -0.2) is 18.5 Å². The standard InChI is InChI=1S/C17H18FN/c1-12-9-13(7-8-17(12)18)16-11-19(2)10-14-5-3-4-6-15(14)16/h3-9,16H,10-11H2,1-2H3/t16-/m0/s1. The number of nitrogens with zero attached hydrogens (tertiary/aromatic N) is 1. The first-order valence-corrected chi connectivity index (χ1v) is 6.67. The van der Waals surface area contributed by atoms with E-state index in [4.69, 9.17) is 0 Å². The van der Waals surface area contributed by atoms with Gasteiger partial charge in [-0.25, -0.2) is 4.39 Å². The van der Waals surface area contributed by atoms with E-state index in [1.165, 1.54) is 16.7 Å². The van der Waals surface area contributed by atoms with Crippen LogP contribution in [0.1, 0.15) is 28.2 Å². The van der Waals surface area contributed by atoms with E-state index in [1.54, 1.807) is 6.07 Å². The van der Waals surface area contributed by atoms with Crippen molar-refractivity contribution in [1.82, 2.24) is 4.90 Å². The number of likely N-dealkylation sites (N-methyl/N-ethyl adjacent to an activating group) is 1. The summed E-state index contributed by atoms with van der Waals surface area (Å²) in [6.45, 7) is 3.81. The van der Waals surface area contributed by atoms with Crippen molar-refractivity contribution >= 4 is 0 Å². The van der Waals surface area contributed by atoms with Gasteiger partial charge >= 0.3 is 0 Å². The zero-order chi connectivity index (χ0) is 13.4. The largest absolute Gasteiger partial charge is 0.301 e. The van der Waals surface area contributed by atoms with Gasteiger partial charge in [0.25, 0.3) is 0 Å². The Hall–Kier alpha value is -1.67. The van der Waals surface area contributed by atoms with Gasteiger partial charge in [0.15, 0.2) is 0 Å². The molecule has 0 fully saturated rings. The second-order valence-electron chi connectivity index (χ2n) is 5.46. The molecule has 2 heteroatoms. The van der Waals surface area contributed by atoms with Crippen molar-refractivity contribution in [2.24, 2.45) is 0 Å². The molecule has 0 unspecified atom stereocenters. The van der Waals surface area contributed by atoms with Crippen LogP contribution in [0.3, 0.4) is 0 Å². The van der Waals surface area contributed by atoms with Crippen molar-refractivity contribution in [2.75, 3.05) is 13.6 Å². The molecular weight excluding hydrogens is 237 g/mol. The molecule has 0 bridgehead atoms. The van der Waals surface area contributed by atoms with Crippen LogP contribution in [0.25, 0.3) is 0 Å². The fourth-order valence-electron chi connectivity index (χ4n) is 2.95. The highest BCUT2D eigenvalue weighted by Gasteiger charge is 2.24. The fraction of sp³-hybridized carbons (Fsp3) is 0.294. The number of aryl methyl sites for hydroxylation is 1. The summed E-state index contributed by atoms with van der Waals surface area (Å²) in [5.74, 6) is 0.218. The van der Waals surface area contributed by atoms with Crippen LogP contribution in [0.15, 0.2) is 42.5 Å². The monoisotopic (exact) mass is 255 g/mol. The van der Waals surface area contributed by atoms with Gasteiger partial charge in [0.2, 0.25) is 0 Å². The van der Waals surface area contributed by atoms with Gasteiger partial charge in [-0.05, 0) is 42.3 Å². The number of hydrogen-bond donors (Lipinski definition) is 0. The van der Waals surface area contributed by atoms with Gasteiger partial charge < -0.3 is 4.90 Å². The topological polar surface area (TPSA) is 3.24 Å². The smallest absolute Gasteiger partial charge is 0.126 e. The highest BCUT2D eigenvalue weighted by molar-refractivity contribution is 5.41. The lowest BCUT2D eigenvalue weighted by Gasteiger charge is -2.32. The van der Waals surface area contributed by atoms with E-state index in [1.807, 2.05) is 19.1 Å². The number of hydrogen-bond acceptors (Lipinski definition) is 1. The average molecular weight is 255 g/mol. The average Bonchev–Trinajstić information content (AvgIpc) is 2.41. The molecule has 0 N–H and O–H groups in total. The highest BCUT2D eigenvalue weighted by Crippen LogP contribution is 2.33. The van der Waals surface area contributed by atoms with Crippen molar-refractivity contribution < 1.29 is 4.39 Å². The predicted octanol–water partition coefficient (Wildman–Crippen LogP) is 3.71. The summed E-state index contributed by atoms with van der Waals surface area (Å²) in [6.07, 6.45) is 0. The number of halogens is 1. The van der Waals surface area contributed by atoms with Crippen LogP contribution >= 0.6 is 0 Å². The number of benzene rings is 2. The Bertz CT molecular complexity index is 606. The summed E-state index contributed by atoms with van der Waals surface area (Å²) in [5, 5.41) is 0. The SMILES string of the molecule is Cc1cc([C@@H]2CN(C)Cc3ccccc32)ccc1F. The molecule has 2 aromatic rings. The summed E-state index contributed by atoms with van der Waals surface area (Å²) in [5.41, 5.74) is 4.69. The van der Waals surface area contributed by atoms with E-state index in [-0.39, 0.29) is 5.82 Å². The fourth-order valence-corrected chi connectivity index (χ4v) is 2.95. The molecule has 1 nitrogen and oxygen atoms in total. The van der Waals surface area contributed by atoms with Crippen molar-refractivity contribution in [1.29, 1.82) is 0 Å². The van der Waals surface area contributed by atoms with Gasteiger partial charge in [-0.15, -0.1) is 0 Å². The molecule has 0 amide bonds. The van der Waals surface area contributed by atoms with Gasteiger partial charge in [0.05, 0.1) is 0 Å². The Labute approximate surface area is 113 Å². The maximum absolute atomic E-state index is 13.4. The van der Waals surface area contributed by atoms with E-state index in [0.717, 1.165) is 18.7 Å². The van der Waals surface area contributed by atoms with Crippen molar-refractivity contribution in [2.45, 2.75) is 19.4 Å². The van der Waals surface area contributed by atoms with E-state index < -0.39 is 0 Å². The summed E-state index contributed by atoms with van der Waals surface area (Å²) in [7, 11) is 2.14. The van der Waals surface area contributed by atoms with Gasteiger partial charge in [0, 0.05) is 19.0 Å². The van der Waals surface area contributed by atoms with Gasteiger partial charge in [-0.1, -0.05) is 36.4 Å². The minimum absolute atomic E-state index is 0.124. The lowest BCUT2D eigenvalue weighted by atomic mass is 9.84. The normalized spacial score (nSPS) is 19.2. The second-order valence-corrected chi connectivity index (χ2v) is 5.46. The van der Waals surface area contributed by atoms with Crippen molar-refractivity contribution in [3.63, 3.8) is 0 Å². The van der Waals surface area contributed by atoms with Crippen LogP contribution < -0.4 is 0 Å². The molecule has 0 aliphatic carbocycles. The molecule has 1 heterocycles. The Morgan fingerprint density at radius 1 is 1.16 bits per heavy atom. The zero-order valence-corrected chi connectivity index (χ0v) is 11.4. The van der Waals surface area contributed by atoms with E-state index in [2.05, 4.69) is 36.2 Å². The third-order valence-corrected chi connectivity index (χ3v) is 3.95. The van der Waals surface area contributed by atoms with Gasteiger partial charge in [-0.3, -0.25) is 0 Å². The first-order chi connectivity index (χ1) is 9.15. The third-order valence-electron chi connectivity index (χ3n) is 3.95. The highest BCUT2D eigenvalue weighted by atomic mass is 19.1. The van der Waals surface area contributed by atoms with E-state index in [0.29, 0.717) is 5.92 Å². The molecule has 2 aromatic carbocycles. The molecule has 0 radical (unpaired) electrons. The summed E-state index contributed by atoms with van der Waals surface area (Å²) in [4.78, 5) is 2.33. The quantitative estimate of drug-likeness (QED) is 0.751. The van der Waals surface area contributed by atoms with Crippen LogP contribution in [0.4, 0.5) is 4.39 Å². The first-order valence-electron chi connectivity index (χ1n) is 6.67. The molecule has 0 spiro atoms. The first kappa shape index (κ1) is 12.4. The molecule has 19 heavy (non-hydrogen) atoms. The molecular formula is C17H18FN. The summed E-state index contributed by atoms with van der Waals surface area (Å²) >= 11 is 0. The summed E-state index contributed by atoms with van der Waals surface area (Å²) < 4.78 is 13.4. The van der Waals surface area contributed by atoms with Crippen LogP contribution in [0.2, 0.25) is 0 Å². The van der Waals surface area contributed by atoms with Gasteiger partial charge in [0.1, 0.15) is 5.82 Å². The minimum atomic E-state index is -0.124. The lowest BCUT2D eigenvalue weighted by Crippen LogP contribution is -2.30. The molecule has 1 aliphatic rings. The Kier molecular flexibility index (Phi) is 3.11. The molecule has 3 rings (SSSR count). The Morgan fingerprint density at radius 3 is 2.74 bits per heavy atom. The summed E-state index contributed by atoms with van der Waals surface area (Å²) in [6, 6.07) is 14.1. The maximum Gasteiger partial charge on any atom is 0.126 e. The molecule has 1 aliphatic heterocycles. The predicted molar refractivity (Wildman–Crippen MR) is 75.8 cm³/mol. The Morgan fingerprint density at radius 2 is 1.95 bits per heavy atom. The molecule has 1 atom stereocenters. The number of fused-ring (bicyclic) bond motifs is 1. The van der Waals surface area contributed by atoms with Gasteiger partial charge in [-0.2, -0.15) is 0 Å². The third kappa shape index (κ3) is 2.28. The molecule has 0 saturated heterocycles. The zero-order valence-electron chi connectivity index (χ0n) is 11.4. The van der Waals surface area contributed by atoms with Crippen LogP contribution in [0.5, 0.6) is 0 Å².